The van der Waals surface area contributed by atoms with Crippen LogP contribution in [0.3, 0.4) is 0 Å². The normalized spacial score (nSPS) is 14.2. The van der Waals surface area contributed by atoms with Crippen LogP contribution in [-0.2, 0) is 6.54 Å². The number of hydrogen-bond donors (Lipinski definition) is 1. The molecule has 0 saturated heterocycles. The Morgan fingerprint density at radius 3 is 2.31 bits per heavy atom. The number of methoxy groups -OCH3 is 2. The highest BCUT2D eigenvalue weighted by Crippen LogP contribution is 2.44. The van der Waals surface area contributed by atoms with Crippen LogP contribution in [0.2, 0.25) is 0 Å². The van der Waals surface area contributed by atoms with E-state index in [1.54, 1.807) is 25.3 Å². The number of carbonyl (C=O) groups is 1. The van der Waals surface area contributed by atoms with E-state index in [2.05, 4.69) is 23.1 Å². The molecule has 3 aromatic carbocycles. The number of rotatable bonds is 9. The number of phenolic OH excluding ortho intramolecular Hbond substituents is 1. The van der Waals surface area contributed by atoms with Crippen molar-refractivity contribution in [2.75, 3.05) is 27.3 Å². The van der Waals surface area contributed by atoms with Crippen LogP contribution in [-0.4, -0.2) is 43.1 Å². The first-order valence-corrected chi connectivity index (χ1v) is 12.0. The van der Waals surface area contributed by atoms with E-state index in [9.17, 15) is 9.90 Å². The summed E-state index contributed by atoms with van der Waals surface area (Å²) in [5.41, 5.74) is 3.94. The van der Waals surface area contributed by atoms with Crippen molar-refractivity contribution in [3.05, 3.63) is 113 Å². The molecule has 36 heavy (non-hydrogen) atoms. The Hall–Kier alpha value is -4.09. The number of allylic oxidation sites excluding steroid dienone is 3. The van der Waals surface area contributed by atoms with E-state index in [0.717, 1.165) is 37.2 Å². The lowest BCUT2D eigenvalue weighted by molar-refractivity contribution is 0.104. The second kappa shape index (κ2) is 12.0. The number of hydrogen-bond acceptors (Lipinski definition) is 5. The summed E-state index contributed by atoms with van der Waals surface area (Å²) in [6.07, 6.45) is 9.64. The van der Waals surface area contributed by atoms with Crippen LogP contribution in [0, 0.1) is 0 Å². The van der Waals surface area contributed by atoms with Gasteiger partial charge in [0.25, 0.3) is 0 Å². The van der Waals surface area contributed by atoms with Gasteiger partial charge in [-0.15, -0.1) is 0 Å². The van der Waals surface area contributed by atoms with Crippen LogP contribution in [0.15, 0.2) is 91.0 Å². The van der Waals surface area contributed by atoms with E-state index < -0.39 is 0 Å². The van der Waals surface area contributed by atoms with Gasteiger partial charge in [0.05, 0.1) is 19.8 Å². The summed E-state index contributed by atoms with van der Waals surface area (Å²) in [5, 5.41) is 11.3. The van der Waals surface area contributed by atoms with Gasteiger partial charge in [-0.25, -0.2) is 0 Å². The zero-order chi connectivity index (χ0) is 25.3. The predicted octanol–water partition coefficient (Wildman–Crippen LogP) is 6.15. The summed E-state index contributed by atoms with van der Waals surface area (Å²) in [5.74, 6) is 0.303. The third kappa shape index (κ3) is 5.93. The lowest BCUT2D eigenvalue weighted by atomic mass is 9.93. The van der Waals surface area contributed by atoms with Gasteiger partial charge in [-0.2, -0.15) is 0 Å². The summed E-state index contributed by atoms with van der Waals surface area (Å²) in [6.45, 7) is 2.44. The molecule has 5 nitrogen and oxygen atoms in total. The SMILES string of the molecule is COc1cc(OC)c(C2=CCN(Cc3ccccc3)CC2)c(O)c1C(=O)/C=C/C=C/c1ccccc1. The molecule has 1 heterocycles. The van der Waals surface area contributed by atoms with Crippen LogP contribution in [0.4, 0.5) is 0 Å². The quantitative estimate of drug-likeness (QED) is 0.226. The molecular weight excluding hydrogens is 450 g/mol. The van der Waals surface area contributed by atoms with Crippen LogP contribution < -0.4 is 9.47 Å². The van der Waals surface area contributed by atoms with Gasteiger partial charge >= 0.3 is 0 Å². The Kier molecular flexibility index (Phi) is 8.37. The Morgan fingerprint density at radius 1 is 0.972 bits per heavy atom. The zero-order valence-corrected chi connectivity index (χ0v) is 20.7. The number of ketones is 1. The Labute approximate surface area is 212 Å². The third-order valence-corrected chi connectivity index (χ3v) is 6.23. The molecule has 4 rings (SSSR count). The smallest absolute Gasteiger partial charge is 0.193 e. The first kappa shape index (κ1) is 25.0. The molecule has 0 amide bonds. The fraction of sp³-hybridized carbons (Fsp3) is 0.194. The van der Waals surface area contributed by atoms with Crippen molar-refractivity contribution < 1.29 is 19.4 Å². The highest BCUT2D eigenvalue weighted by Gasteiger charge is 2.26. The molecule has 0 aromatic heterocycles. The van der Waals surface area contributed by atoms with Crippen molar-refractivity contribution in [2.45, 2.75) is 13.0 Å². The standard InChI is InChI=1S/C31H31NO4/c1-35-27-21-28(36-2)30(26(33)16-10-9-13-23-11-5-3-6-12-23)31(34)29(27)25-17-19-32(20-18-25)22-24-14-7-4-8-15-24/h3-17,21,34H,18-20,22H2,1-2H3/b13-9+,16-10+. The fourth-order valence-electron chi connectivity index (χ4n) is 4.37. The van der Waals surface area contributed by atoms with Crippen LogP contribution in [0.5, 0.6) is 17.2 Å². The minimum Gasteiger partial charge on any atom is -0.506 e. The minimum atomic E-state index is -0.340. The Balaban J connectivity index is 1.58. The number of carbonyl (C=O) groups excluding carboxylic acids is 1. The van der Waals surface area contributed by atoms with Crippen molar-refractivity contribution in [3.63, 3.8) is 0 Å². The second-order valence-corrected chi connectivity index (χ2v) is 8.57. The largest absolute Gasteiger partial charge is 0.506 e. The average Bonchev–Trinajstić information content (AvgIpc) is 2.92. The van der Waals surface area contributed by atoms with Gasteiger partial charge in [0.15, 0.2) is 5.78 Å². The van der Waals surface area contributed by atoms with Gasteiger partial charge in [-0.05, 0) is 29.2 Å². The number of nitrogens with zero attached hydrogens (tertiary/aromatic N) is 1. The molecule has 1 aliphatic rings. The third-order valence-electron chi connectivity index (χ3n) is 6.23. The fourth-order valence-corrected chi connectivity index (χ4v) is 4.37. The summed E-state index contributed by atoms with van der Waals surface area (Å²) >= 11 is 0. The molecule has 0 saturated carbocycles. The molecule has 1 N–H and O–H groups in total. The van der Waals surface area contributed by atoms with E-state index in [-0.39, 0.29) is 22.8 Å². The van der Waals surface area contributed by atoms with E-state index in [1.165, 1.54) is 18.7 Å². The van der Waals surface area contributed by atoms with Gasteiger partial charge in [-0.3, -0.25) is 9.69 Å². The number of aromatic hydroxyl groups is 1. The van der Waals surface area contributed by atoms with Crippen molar-refractivity contribution in [1.29, 1.82) is 0 Å². The monoisotopic (exact) mass is 481 g/mol. The van der Waals surface area contributed by atoms with E-state index >= 15 is 0 Å². The maximum Gasteiger partial charge on any atom is 0.193 e. The maximum atomic E-state index is 13.1. The molecule has 1 aliphatic heterocycles. The molecule has 0 spiro atoms. The zero-order valence-electron chi connectivity index (χ0n) is 20.7. The molecular formula is C31H31NO4. The second-order valence-electron chi connectivity index (χ2n) is 8.57. The lowest BCUT2D eigenvalue weighted by Gasteiger charge is -2.28. The molecule has 0 radical (unpaired) electrons. The average molecular weight is 482 g/mol. The summed E-state index contributed by atoms with van der Waals surface area (Å²) in [6, 6.07) is 21.9. The van der Waals surface area contributed by atoms with E-state index in [0.29, 0.717) is 11.3 Å². The summed E-state index contributed by atoms with van der Waals surface area (Å²) in [7, 11) is 3.03. The lowest BCUT2D eigenvalue weighted by Crippen LogP contribution is -2.28. The first-order chi connectivity index (χ1) is 17.6. The van der Waals surface area contributed by atoms with Gasteiger partial charge < -0.3 is 14.6 Å². The van der Waals surface area contributed by atoms with Gasteiger partial charge in [0, 0.05) is 25.7 Å². The Morgan fingerprint density at radius 2 is 1.67 bits per heavy atom. The molecule has 0 bridgehead atoms. The topological polar surface area (TPSA) is 59.0 Å². The molecule has 184 valence electrons. The molecule has 3 aromatic rings. The van der Waals surface area contributed by atoms with Crippen molar-refractivity contribution in [3.8, 4) is 17.2 Å². The molecule has 0 atom stereocenters. The molecule has 0 fully saturated rings. The number of benzene rings is 3. The summed E-state index contributed by atoms with van der Waals surface area (Å²) in [4.78, 5) is 15.5. The number of phenols is 1. The maximum absolute atomic E-state index is 13.1. The van der Waals surface area contributed by atoms with E-state index in [4.69, 9.17) is 9.47 Å². The van der Waals surface area contributed by atoms with Crippen LogP contribution >= 0.6 is 0 Å². The van der Waals surface area contributed by atoms with Gasteiger partial charge in [-0.1, -0.05) is 85.0 Å². The number of ether oxygens (including phenoxy) is 2. The Bertz CT molecular complexity index is 1280. The molecule has 0 aliphatic carbocycles. The van der Waals surface area contributed by atoms with E-state index in [1.807, 2.05) is 54.6 Å². The predicted molar refractivity (Wildman–Crippen MR) is 144 cm³/mol. The molecule has 5 heteroatoms. The van der Waals surface area contributed by atoms with Gasteiger partial charge in [0.2, 0.25) is 0 Å². The summed E-state index contributed by atoms with van der Waals surface area (Å²) < 4.78 is 11.0. The van der Waals surface area contributed by atoms with Gasteiger partial charge in [0.1, 0.15) is 22.8 Å². The highest BCUT2D eigenvalue weighted by molar-refractivity contribution is 6.10. The van der Waals surface area contributed by atoms with Crippen molar-refractivity contribution in [2.24, 2.45) is 0 Å². The van der Waals surface area contributed by atoms with Crippen LogP contribution in [0.1, 0.15) is 33.5 Å². The van der Waals surface area contributed by atoms with Crippen molar-refractivity contribution >= 4 is 17.4 Å². The molecule has 0 unspecified atom stereocenters. The minimum absolute atomic E-state index is 0.115. The first-order valence-electron chi connectivity index (χ1n) is 12.0. The highest BCUT2D eigenvalue weighted by atomic mass is 16.5. The van der Waals surface area contributed by atoms with Crippen molar-refractivity contribution in [1.82, 2.24) is 4.90 Å². The van der Waals surface area contributed by atoms with Crippen LogP contribution in [0.25, 0.3) is 11.6 Å².